The van der Waals surface area contributed by atoms with Crippen LogP contribution in [0.4, 0.5) is 18.9 Å². The fourth-order valence-electron chi connectivity index (χ4n) is 1.09. The topological polar surface area (TPSA) is 53.7 Å². The van der Waals surface area contributed by atoms with Crippen LogP contribution >= 0.6 is 0 Å². The Kier molecular flexibility index (Phi) is 4.45. The predicted molar refractivity (Wildman–Crippen MR) is 54.9 cm³/mol. The first kappa shape index (κ1) is 13.4. The molecule has 1 rings (SSSR count). The van der Waals surface area contributed by atoms with Gasteiger partial charge in [-0.3, -0.25) is 4.74 Å². The second-order valence-corrected chi connectivity index (χ2v) is 3.05. The van der Waals surface area contributed by atoms with E-state index in [-0.39, 0.29) is 18.0 Å². The fraction of sp³-hybridized carbons (Fsp3) is 0.400. The molecule has 7 heteroatoms. The van der Waals surface area contributed by atoms with Gasteiger partial charge in [0, 0.05) is 6.07 Å². The van der Waals surface area contributed by atoms with E-state index in [0.717, 1.165) is 0 Å². The summed E-state index contributed by atoms with van der Waals surface area (Å²) < 4.78 is 48.4. The lowest BCUT2D eigenvalue weighted by Crippen LogP contribution is -2.18. The molecule has 0 heterocycles. The number of rotatable bonds is 5. The van der Waals surface area contributed by atoms with Gasteiger partial charge in [0.15, 0.2) is 0 Å². The minimum absolute atomic E-state index is 0.240. The molecular formula is C10H12F3NO3. The van der Waals surface area contributed by atoms with Crippen LogP contribution in [0.25, 0.3) is 0 Å². The van der Waals surface area contributed by atoms with Crippen LogP contribution < -0.4 is 15.2 Å². The van der Waals surface area contributed by atoms with E-state index in [9.17, 15) is 13.2 Å². The van der Waals surface area contributed by atoms with Gasteiger partial charge in [0.25, 0.3) is 0 Å². The normalized spacial score (nSPS) is 11.3. The number of nitrogen functional groups attached to an aromatic ring is 1. The molecule has 0 saturated carbocycles. The Morgan fingerprint density at radius 3 is 2.47 bits per heavy atom. The van der Waals surface area contributed by atoms with Gasteiger partial charge in [-0.1, -0.05) is 0 Å². The lowest BCUT2D eigenvalue weighted by atomic mass is 10.3. The summed E-state index contributed by atoms with van der Waals surface area (Å²) in [5.74, 6) is 0.831. The van der Waals surface area contributed by atoms with Gasteiger partial charge in [0.1, 0.15) is 18.1 Å². The van der Waals surface area contributed by atoms with Crippen molar-refractivity contribution in [3.63, 3.8) is 0 Å². The van der Waals surface area contributed by atoms with Crippen LogP contribution in [0.1, 0.15) is 0 Å². The summed E-state index contributed by atoms with van der Waals surface area (Å²) in [5.41, 5.74) is 5.89. The van der Waals surface area contributed by atoms with Gasteiger partial charge < -0.3 is 15.2 Å². The summed E-state index contributed by atoms with van der Waals surface area (Å²) in [7, 11) is 1.48. The number of nitrogens with two attached hydrogens (primary N) is 1. The van der Waals surface area contributed by atoms with E-state index in [2.05, 4.69) is 4.74 Å². The van der Waals surface area contributed by atoms with Crippen LogP contribution in [0.3, 0.4) is 0 Å². The number of anilines is 1. The van der Waals surface area contributed by atoms with E-state index in [4.69, 9.17) is 15.2 Å². The van der Waals surface area contributed by atoms with Gasteiger partial charge in [-0.25, -0.2) is 0 Å². The maximum absolute atomic E-state index is 11.6. The van der Waals surface area contributed by atoms with Crippen molar-refractivity contribution < 1.29 is 27.4 Å². The third kappa shape index (κ3) is 4.81. The first-order valence-electron chi connectivity index (χ1n) is 4.69. The summed E-state index contributed by atoms with van der Waals surface area (Å²) in [6.07, 6.45) is -4.64. The Labute approximate surface area is 96.1 Å². The highest BCUT2D eigenvalue weighted by atomic mass is 19.4. The average Bonchev–Trinajstić information content (AvgIpc) is 2.24. The van der Waals surface area contributed by atoms with Crippen molar-refractivity contribution in [3.05, 3.63) is 18.2 Å². The summed E-state index contributed by atoms with van der Waals surface area (Å²) in [6.45, 7) is -0.828. The Hall–Kier alpha value is -1.63. The maximum atomic E-state index is 11.6. The molecule has 1 aromatic carbocycles. The molecule has 0 aliphatic rings. The molecule has 0 atom stereocenters. The summed E-state index contributed by atoms with van der Waals surface area (Å²) in [5, 5.41) is 0. The number of methoxy groups -OCH3 is 1. The summed E-state index contributed by atoms with van der Waals surface area (Å²) in [4.78, 5) is 0. The summed E-state index contributed by atoms with van der Waals surface area (Å²) >= 11 is 0. The fourth-order valence-corrected chi connectivity index (χ4v) is 1.09. The first-order chi connectivity index (χ1) is 7.92. The van der Waals surface area contributed by atoms with Gasteiger partial charge in [-0.05, 0) is 12.1 Å². The minimum atomic E-state index is -4.64. The van der Waals surface area contributed by atoms with Gasteiger partial charge in [-0.15, -0.1) is 13.2 Å². The Balaban J connectivity index is 2.42. The maximum Gasteiger partial charge on any atom is 0.522 e. The molecule has 4 nitrogen and oxygen atoms in total. The second-order valence-electron chi connectivity index (χ2n) is 3.05. The second kappa shape index (κ2) is 5.62. The van der Waals surface area contributed by atoms with Crippen LogP contribution in [0.5, 0.6) is 11.5 Å². The molecular weight excluding hydrogens is 239 g/mol. The van der Waals surface area contributed by atoms with Crippen LogP contribution in [0.15, 0.2) is 18.2 Å². The number of halogens is 3. The lowest BCUT2D eigenvalue weighted by molar-refractivity contribution is -0.325. The van der Waals surface area contributed by atoms with E-state index in [1.54, 1.807) is 6.07 Å². The number of hydrogen-bond acceptors (Lipinski definition) is 4. The van der Waals surface area contributed by atoms with E-state index < -0.39 is 13.0 Å². The van der Waals surface area contributed by atoms with E-state index in [0.29, 0.717) is 5.75 Å². The molecule has 0 aliphatic heterocycles. The standard InChI is InChI=1S/C10H12F3NO3/c1-15-7-2-3-9(8(14)6-7)16-4-5-17-10(11,12)13/h2-3,6H,4-5,14H2,1H3. The minimum Gasteiger partial charge on any atom is -0.497 e. The van der Waals surface area contributed by atoms with E-state index in [1.807, 2.05) is 0 Å². The molecule has 96 valence electrons. The molecule has 0 radical (unpaired) electrons. The summed E-state index contributed by atoms with van der Waals surface area (Å²) in [6, 6.07) is 4.62. The van der Waals surface area contributed by atoms with Crippen LogP contribution in [-0.2, 0) is 4.74 Å². The average molecular weight is 251 g/mol. The molecule has 0 fully saturated rings. The third-order valence-electron chi connectivity index (χ3n) is 1.82. The zero-order chi connectivity index (χ0) is 12.9. The van der Waals surface area contributed by atoms with Crippen LogP contribution in [-0.4, -0.2) is 26.7 Å². The molecule has 17 heavy (non-hydrogen) atoms. The van der Waals surface area contributed by atoms with Gasteiger partial charge >= 0.3 is 6.36 Å². The number of ether oxygens (including phenoxy) is 3. The van der Waals surface area contributed by atoms with E-state index in [1.165, 1.54) is 19.2 Å². The van der Waals surface area contributed by atoms with Gasteiger partial charge in [-0.2, -0.15) is 0 Å². The smallest absolute Gasteiger partial charge is 0.497 e. The van der Waals surface area contributed by atoms with Crippen molar-refractivity contribution in [1.29, 1.82) is 0 Å². The first-order valence-corrected chi connectivity index (χ1v) is 4.69. The molecule has 0 bridgehead atoms. The highest BCUT2D eigenvalue weighted by molar-refractivity contribution is 5.56. The Bertz CT molecular complexity index is 368. The van der Waals surface area contributed by atoms with Crippen LogP contribution in [0, 0.1) is 0 Å². The molecule has 0 unspecified atom stereocenters. The van der Waals surface area contributed by atoms with Crippen molar-refractivity contribution in [3.8, 4) is 11.5 Å². The quantitative estimate of drug-likeness (QED) is 0.643. The molecule has 1 aromatic rings. The Morgan fingerprint density at radius 1 is 1.24 bits per heavy atom. The van der Waals surface area contributed by atoms with Crippen molar-refractivity contribution in [1.82, 2.24) is 0 Å². The molecule has 0 spiro atoms. The van der Waals surface area contributed by atoms with Crippen molar-refractivity contribution in [2.45, 2.75) is 6.36 Å². The Morgan fingerprint density at radius 2 is 1.94 bits per heavy atom. The third-order valence-corrected chi connectivity index (χ3v) is 1.82. The predicted octanol–water partition coefficient (Wildman–Crippen LogP) is 2.19. The molecule has 2 N–H and O–H groups in total. The van der Waals surface area contributed by atoms with Crippen molar-refractivity contribution in [2.24, 2.45) is 0 Å². The number of alkyl halides is 3. The molecule has 0 saturated heterocycles. The zero-order valence-electron chi connectivity index (χ0n) is 9.08. The molecule has 0 amide bonds. The largest absolute Gasteiger partial charge is 0.522 e. The van der Waals surface area contributed by atoms with Crippen molar-refractivity contribution in [2.75, 3.05) is 26.1 Å². The lowest BCUT2D eigenvalue weighted by Gasteiger charge is -2.11. The van der Waals surface area contributed by atoms with Gasteiger partial charge in [0.2, 0.25) is 0 Å². The van der Waals surface area contributed by atoms with E-state index >= 15 is 0 Å². The van der Waals surface area contributed by atoms with Crippen LogP contribution in [0.2, 0.25) is 0 Å². The van der Waals surface area contributed by atoms with Gasteiger partial charge in [0.05, 0.1) is 19.4 Å². The highest BCUT2D eigenvalue weighted by Crippen LogP contribution is 2.26. The van der Waals surface area contributed by atoms with Crippen molar-refractivity contribution >= 4 is 5.69 Å². The molecule has 0 aliphatic carbocycles. The monoisotopic (exact) mass is 251 g/mol. The zero-order valence-corrected chi connectivity index (χ0v) is 9.08. The SMILES string of the molecule is COc1ccc(OCCOC(F)(F)F)c(N)c1. The number of hydrogen-bond donors (Lipinski definition) is 1. The number of benzene rings is 1. The molecule has 0 aromatic heterocycles. The highest BCUT2D eigenvalue weighted by Gasteiger charge is 2.28.